The number of hydrogen-bond donors (Lipinski definition) is 1. The number of benzene rings is 1. The van der Waals surface area contributed by atoms with E-state index in [4.69, 9.17) is 5.73 Å². The van der Waals surface area contributed by atoms with Crippen molar-refractivity contribution in [3.63, 3.8) is 0 Å². The lowest BCUT2D eigenvalue weighted by molar-refractivity contribution is 0.591. The predicted octanol–water partition coefficient (Wildman–Crippen LogP) is 1.98. The van der Waals surface area contributed by atoms with E-state index in [1.54, 1.807) is 37.3 Å². The minimum atomic E-state index is -3.69. The quantitative estimate of drug-likeness (QED) is 0.920. The average Bonchev–Trinajstić information content (AvgIpc) is 2.47. The zero-order valence-corrected chi connectivity index (χ0v) is 12.3. The average molecular weight is 301 g/mol. The molecule has 2 heterocycles. The van der Waals surface area contributed by atoms with Gasteiger partial charge in [-0.1, -0.05) is 18.2 Å². The summed E-state index contributed by atoms with van der Waals surface area (Å²) in [5, 5.41) is 0. The highest BCUT2D eigenvalue weighted by Gasteiger charge is 2.34. The van der Waals surface area contributed by atoms with E-state index < -0.39 is 16.1 Å². The van der Waals surface area contributed by atoms with Crippen LogP contribution in [0.15, 0.2) is 59.4 Å². The second-order valence-electron chi connectivity index (χ2n) is 4.88. The smallest absolute Gasteiger partial charge is 0.269 e. The van der Waals surface area contributed by atoms with Crippen LogP contribution in [0.4, 0.5) is 5.69 Å². The molecule has 6 heteroatoms. The molecule has 1 atom stereocenters. The number of nitrogens with two attached hydrogens (primary N) is 1. The fourth-order valence-corrected chi connectivity index (χ4v) is 4.09. The maximum absolute atomic E-state index is 12.9. The second kappa shape index (κ2) is 4.98. The summed E-state index contributed by atoms with van der Waals surface area (Å²) in [7, 11) is -3.69. The Labute approximate surface area is 123 Å². The molecule has 0 spiro atoms. The molecule has 3 rings (SSSR count). The van der Waals surface area contributed by atoms with Gasteiger partial charge in [-0.15, -0.1) is 0 Å². The fraction of sp³-hybridized carbons (Fsp3) is 0.133. The molecule has 0 unspecified atom stereocenters. The van der Waals surface area contributed by atoms with E-state index in [1.807, 2.05) is 6.07 Å². The monoisotopic (exact) mass is 301 g/mol. The van der Waals surface area contributed by atoms with Crippen molar-refractivity contribution < 1.29 is 8.42 Å². The third kappa shape index (κ3) is 2.22. The molecule has 1 aliphatic rings. The number of rotatable bonds is 2. The number of nitrogens with zero attached hydrogens (tertiary/aromatic N) is 2. The number of aromatic nitrogens is 1. The van der Waals surface area contributed by atoms with Crippen molar-refractivity contribution in [2.24, 2.45) is 5.73 Å². The SMILES string of the molecule is C[C@H](N)C1=Cc2cnccc2S(=O)(=O)N1c1ccccc1. The van der Waals surface area contributed by atoms with Crippen molar-refractivity contribution in [1.82, 2.24) is 4.98 Å². The molecule has 0 aliphatic carbocycles. The molecule has 108 valence electrons. The van der Waals surface area contributed by atoms with Gasteiger partial charge in [0.15, 0.2) is 0 Å². The maximum Gasteiger partial charge on any atom is 0.269 e. The maximum atomic E-state index is 12.9. The fourth-order valence-electron chi connectivity index (χ4n) is 2.36. The zero-order valence-electron chi connectivity index (χ0n) is 11.5. The van der Waals surface area contributed by atoms with Crippen molar-refractivity contribution >= 4 is 21.8 Å². The van der Waals surface area contributed by atoms with Crippen LogP contribution in [0.3, 0.4) is 0 Å². The van der Waals surface area contributed by atoms with E-state index >= 15 is 0 Å². The van der Waals surface area contributed by atoms with E-state index in [2.05, 4.69) is 4.98 Å². The normalized spacial score (nSPS) is 17.8. The van der Waals surface area contributed by atoms with E-state index in [9.17, 15) is 8.42 Å². The first-order valence-corrected chi connectivity index (χ1v) is 7.97. The van der Waals surface area contributed by atoms with Crippen molar-refractivity contribution in [2.45, 2.75) is 17.9 Å². The van der Waals surface area contributed by atoms with E-state index in [-0.39, 0.29) is 4.90 Å². The van der Waals surface area contributed by atoms with Gasteiger partial charge >= 0.3 is 0 Å². The van der Waals surface area contributed by atoms with Gasteiger partial charge in [-0.3, -0.25) is 4.98 Å². The number of anilines is 1. The lowest BCUT2D eigenvalue weighted by atomic mass is 10.1. The van der Waals surface area contributed by atoms with Crippen molar-refractivity contribution in [3.05, 3.63) is 60.1 Å². The lowest BCUT2D eigenvalue weighted by Gasteiger charge is -2.32. The molecule has 21 heavy (non-hydrogen) atoms. The first kappa shape index (κ1) is 13.8. The minimum absolute atomic E-state index is 0.241. The van der Waals surface area contributed by atoms with Crippen LogP contribution >= 0.6 is 0 Å². The molecule has 0 saturated heterocycles. The molecule has 5 nitrogen and oxygen atoms in total. The van der Waals surface area contributed by atoms with E-state index in [1.165, 1.54) is 22.8 Å². The van der Waals surface area contributed by atoms with Crippen LogP contribution in [-0.2, 0) is 10.0 Å². The Morgan fingerprint density at radius 1 is 1.19 bits per heavy atom. The Balaban J connectivity index is 2.29. The minimum Gasteiger partial charge on any atom is -0.323 e. The standard InChI is InChI=1S/C15H15N3O2S/c1-11(16)14-9-12-10-17-8-7-15(12)21(19,20)18(14)13-5-3-2-4-6-13/h2-11H,16H2,1H3/t11-/m0/s1. The Bertz CT molecular complexity index is 799. The molecule has 0 radical (unpaired) electrons. The molecule has 1 aromatic heterocycles. The highest BCUT2D eigenvalue weighted by Crippen LogP contribution is 2.35. The molecule has 1 aromatic carbocycles. The molecule has 2 N–H and O–H groups in total. The van der Waals surface area contributed by atoms with E-state index in [0.29, 0.717) is 16.9 Å². The van der Waals surface area contributed by atoms with E-state index in [0.717, 1.165) is 0 Å². The second-order valence-corrected chi connectivity index (χ2v) is 6.63. The number of sulfonamides is 1. The van der Waals surface area contributed by atoms with Gasteiger partial charge < -0.3 is 5.73 Å². The molecule has 0 fully saturated rings. The Morgan fingerprint density at radius 2 is 1.90 bits per heavy atom. The molecule has 0 bridgehead atoms. The Kier molecular flexibility index (Phi) is 3.27. The van der Waals surface area contributed by atoms with Crippen LogP contribution in [0.5, 0.6) is 0 Å². The summed E-state index contributed by atoms with van der Waals surface area (Å²) in [6.45, 7) is 1.76. The lowest BCUT2D eigenvalue weighted by Crippen LogP contribution is -2.40. The molecular weight excluding hydrogens is 286 g/mol. The summed E-state index contributed by atoms with van der Waals surface area (Å²) in [4.78, 5) is 4.23. The topological polar surface area (TPSA) is 76.3 Å². The summed E-state index contributed by atoms with van der Waals surface area (Å²) in [5.74, 6) is 0. The summed E-state index contributed by atoms with van der Waals surface area (Å²) in [6, 6.07) is 10.0. The third-order valence-corrected chi connectivity index (χ3v) is 5.15. The van der Waals surface area contributed by atoms with Gasteiger partial charge in [-0.05, 0) is 31.2 Å². The van der Waals surface area contributed by atoms with Gasteiger partial charge in [0.2, 0.25) is 0 Å². The summed E-state index contributed by atoms with van der Waals surface area (Å²) in [5.41, 5.74) is 7.65. The summed E-state index contributed by atoms with van der Waals surface area (Å²) >= 11 is 0. The highest BCUT2D eigenvalue weighted by atomic mass is 32.2. The van der Waals surface area contributed by atoms with Crippen LogP contribution in [0.25, 0.3) is 6.08 Å². The third-order valence-electron chi connectivity index (χ3n) is 3.32. The predicted molar refractivity (Wildman–Crippen MR) is 82.0 cm³/mol. The largest absolute Gasteiger partial charge is 0.323 e. The summed E-state index contributed by atoms with van der Waals surface area (Å²) < 4.78 is 27.1. The van der Waals surface area contributed by atoms with Gasteiger partial charge in [0, 0.05) is 24.0 Å². The number of hydrogen-bond acceptors (Lipinski definition) is 4. The van der Waals surface area contributed by atoms with Gasteiger partial charge in [-0.2, -0.15) is 0 Å². The van der Waals surface area contributed by atoms with Gasteiger partial charge in [-0.25, -0.2) is 12.7 Å². The number of pyridine rings is 1. The Hall–Kier alpha value is -2.18. The highest BCUT2D eigenvalue weighted by molar-refractivity contribution is 7.93. The molecule has 0 saturated carbocycles. The molecule has 0 amide bonds. The first-order chi connectivity index (χ1) is 10.0. The van der Waals surface area contributed by atoms with Crippen LogP contribution in [0.2, 0.25) is 0 Å². The van der Waals surface area contributed by atoms with Gasteiger partial charge in [0.05, 0.1) is 16.3 Å². The van der Waals surface area contributed by atoms with Crippen LogP contribution in [0.1, 0.15) is 12.5 Å². The van der Waals surface area contributed by atoms with Gasteiger partial charge in [0.25, 0.3) is 10.0 Å². The van der Waals surface area contributed by atoms with Crippen molar-refractivity contribution in [3.8, 4) is 0 Å². The van der Waals surface area contributed by atoms with Gasteiger partial charge in [0.1, 0.15) is 0 Å². The summed E-state index contributed by atoms with van der Waals surface area (Å²) in [6.07, 6.45) is 4.79. The zero-order chi connectivity index (χ0) is 15.0. The molecule has 2 aromatic rings. The first-order valence-electron chi connectivity index (χ1n) is 6.53. The Morgan fingerprint density at radius 3 is 2.57 bits per heavy atom. The molecular formula is C15H15N3O2S. The molecule has 1 aliphatic heterocycles. The van der Waals surface area contributed by atoms with Crippen LogP contribution < -0.4 is 10.0 Å². The number of para-hydroxylation sites is 1. The van der Waals surface area contributed by atoms with Crippen molar-refractivity contribution in [2.75, 3.05) is 4.31 Å². The number of fused-ring (bicyclic) bond motifs is 1. The van der Waals surface area contributed by atoms with Crippen LogP contribution in [-0.4, -0.2) is 19.4 Å². The van der Waals surface area contributed by atoms with Crippen LogP contribution in [0, 0.1) is 0 Å². The van der Waals surface area contributed by atoms with Crippen molar-refractivity contribution in [1.29, 1.82) is 0 Å².